The SMILES string of the molecule is CSCCC(O)c1c(C)cc(C)cc1C. The Morgan fingerprint density at radius 3 is 2.20 bits per heavy atom. The lowest BCUT2D eigenvalue weighted by atomic mass is 9.94. The summed E-state index contributed by atoms with van der Waals surface area (Å²) >= 11 is 1.78. The first kappa shape index (κ1) is 12.6. The molecule has 0 spiro atoms. The molecule has 0 bridgehead atoms. The standard InChI is InChI=1S/C13H20OS/c1-9-7-10(2)13(11(3)8-9)12(14)5-6-15-4/h7-8,12,14H,5-6H2,1-4H3. The maximum Gasteiger partial charge on any atom is 0.0803 e. The van der Waals surface area contributed by atoms with Crippen molar-refractivity contribution in [2.45, 2.75) is 33.3 Å². The Hall–Kier alpha value is -0.470. The quantitative estimate of drug-likeness (QED) is 0.846. The summed E-state index contributed by atoms with van der Waals surface area (Å²) in [6.45, 7) is 6.26. The molecule has 0 aliphatic heterocycles. The summed E-state index contributed by atoms with van der Waals surface area (Å²) in [4.78, 5) is 0. The van der Waals surface area contributed by atoms with E-state index in [-0.39, 0.29) is 6.10 Å². The molecule has 1 N–H and O–H groups in total. The molecule has 1 rings (SSSR count). The Balaban J connectivity index is 2.92. The lowest BCUT2D eigenvalue weighted by molar-refractivity contribution is 0.173. The van der Waals surface area contributed by atoms with Crippen molar-refractivity contribution >= 4 is 11.8 Å². The fourth-order valence-electron chi connectivity index (χ4n) is 2.09. The second-order valence-corrected chi connectivity index (χ2v) is 5.10. The highest BCUT2D eigenvalue weighted by Gasteiger charge is 2.12. The van der Waals surface area contributed by atoms with Gasteiger partial charge in [-0.3, -0.25) is 0 Å². The van der Waals surface area contributed by atoms with Crippen LogP contribution in [0, 0.1) is 20.8 Å². The van der Waals surface area contributed by atoms with Gasteiger partial charge < -0.3 is 5.11 Å². The Morgan fingerprint density at radius 2 is 1.73 bits per heavy atom. The normalized spacial score (nSPS) is 12.9. The minimum atomic E-state index is -0.307. The highest BCUT2D eigenvalue weighted by atomic mass is 32.2. The molecule has 15 heavy (non-hydrogen) atoms. The zero-order valence-electron chi connectivity index (χ0n) is 10.0. The van der Waals surface area contributed by atoms with Crippen LogP contribution in [0.3, 0.4) is 0 Å². The summed E-state index contributed by atoms with van der Waals surface area (Å²) < 4.78 is 0. The van der Waals surface area contributed by atoms with Crippen LogP contribution in [0.2, 0.25) is 0 Å². The summed E-state index contributed by atoms with van der Waals surface area (Å²) in [5.74, 6) is 1.01. The molecule has 0 aromatic heterocycles. The Morgan fingerprint density at radius 1 is 1.20 bits per heavy atom. The van der Waals surface area contributed by atoms with Gasteiger partial charge in [-0.15, -0.1) is 0 Å². The van der Waals surface area contributed by atoms with Crippen molar-refractivity contribution in [3.63, 3.8) is 0 Å². The zero-order chi connectivity index (χ0) is 11.4. The maximum absolute atomic E-state index is 10.1. The van der Waals surface area contributed by atoms with E-state index >= 15 is 0 Å². The van der Waals surface area contributed by atoms with E-state index in [4.69, 9.17) is 0 Å². The first-order valence-corrected chi connectivity index (χ1v) is 6.70. The van der Waals surface area contributed by atoms with Gasteiger partial charge in [0.05, 0.1) is 6.10 Å². The second kappa shape index (κ2) is 5.57. The predicted molar refractivity (Wildman–Crippen MR) is 68.6 cm³/mol. The molecule has 0 heterocycles. The maximum atomic E-state index is 10.1. The zero-order valence-corrected chi connectivity index (χ0v) is 10.8. The van der Waals surface area contributed by atoms with Gasteiger partial charge in [0.2, 0.25) is 0 Å². The first-order chi connectivity index (χ1) is 7.06. The molecule has 84 valence electrons. The largest absolute Gasteiger partial charge is 0.388 e. The average Bonchev–Trinajstić information content (AvgIpc) is 2.12. The van der Waals surface area contributed by atoms with Crippen molar-refractivity contribution < 1.29 is 5.11 Å². The van der Waals surface area contributed by atoms with Gasteiger partial charge in [-0.05, 0) is 55.9 Å². The van der Waals surface area contributed by atoms with Crippen molar-refractivity contribution in [2.75, 3.05) is 12.0 Å². The number of rotatable bonds is 4. The molecule has 0 fully saturated rings. The van der Waals surface area contributed by atoms with Crippen molar-refractivity contribution in [2.24, 2.45) is 0 Å². The molecule has 0 amide bonds. The molecule has 0 saturated carbocycles. The molecule has 0 radical (unpaired) electrons. The molecular formula is C13H20OS. The smallest absolute Gasteiger partial charge is 0.0803 e. The van der Waals surface area contributed by atoms with Crippen molar-refractivity contribution in [3.8, 4) is 0 Å². The van der Waals surface area contributed by atoms with E-state index in [1.165, 1.54) is 16.7 Å². The molecule has 1 atom stereocenters. The van der Waals surface area contributed by atoms with E-state index in [1.54, 1.807) is 11.8 Å². The van der Waals surface area contributed by atoms with Crippen LogP contribution in [0.15, 0.2) is 12.1 Å². The van der Waals surface area contributed by atoms with Crippen LogP contribution < -0.4 is 0 Å². The summed E-state index contributed by atoms with van der Waals surface area (Å²) in [5, 5.41) is 10.1. The third-order valence-electron chi connectivity index (χ3n) is 2.67. The minimum absolute atomic E-state index is 0.307. The predicted octanol–water partition coefficient (Wildman–Crippen LogP) is 3.40. The summed E-state index contributed by atoms with van der Waals surface area (Å²) in [6.07, 6.45) is 2.60. The fourth-order valence-corrected chi connectivity index (χ4v) is 2.55. The van der Waals surface area contributed by atoms with Crippen molar-refractivity contribution in [1.82, 2.24) is 0 Å². The number of hydrogen-bond acceptors (Lipinski definition) is 2. The molecule has 0 aliphatic carbocycles. The van der Waals surface area contributed by atoms with Crippen LogP contribution in [0.5, 0.6) is 0 Å². The lowest BCUT2D eigenvalue weighted by Gasteiger charge is -2.17. The lowest BCUT2D eigenvalue weighted by Crippen LogP contribution is -2.04. The molecule has 0 saturated heterocycles. The van der Waals surface area contributed by atoms with Crippen LogP contribution in [-0.2, 0) is 0 Å². The number of benzene rings is 1. The molecule has 1 aromatic rings. The molecule has 2 heteroatoms. The summed E-state index contributed by atoms with van der Waals surface area (Å²) in [7, 11) is 0. The number of aliphatic hydroxyl groups excluding tert-OH is 1. The van der Waals surface area contributed by atoms with Crippen LogP contribution in [0.4, 0.5) is 0 Å². The van der Waals surface area contributed by atoms with E-state index in [0.717, 1.165) is 17.7 Å². The fraction of sp³-hybridized carbons (Fsp3) is 0.538. The number of aliphatic hydroxyl groups is 1. The minimum Gasteiger partial charge on any atom is -0.388 e. The van der Waals surface area contributed by atoms with Gasteiger partial charge in [-0.25, -0.2) is 0 Å². The molecule has 1 nitrogen and oxygen atoms in total. The van der Waals surface area contributed by atoms with Crippen LogP contribution in [-0.4, -0.2) is 17.1 Å². The third kappa shape index (κ3) is 3.25. The molecular weight excluding hydrogens is 204 g/mol. The van der Waals surface area contributed by atoms with E-state index in [9.17, 15) is 5.11 Å². The number of aryl methyl sites for hydroxylation is 3. The van der Waals surface area contributed by atoms with E-state index in [2.05, 4.69) is 39.2 Å². The number of thioether (sulfide) groups is 1. The van der Waals surface area contributed by atoms with Crippen molar-refractivity contribution in [3.05, 3.63) is 34.4 Å². The number of hydrogen-bond donors (Lipinski definition) is 1. The Labute approximate surface area is 96.9 Å². The highest BCUT2D eigenvalue weighted by molar-refractivity contribution is 7.98. The topological polar surface area (TPSA) is 20.2 Å². The van der Waals surface area contributed by atoms with E-state index in [0.29, 0.717) is 0 Å². The van der Waals surface area contributed by atoms with Gasteiger partial charge in [0.25, 0.3) is 0 Å². The Bertz CT molecular complexity index is 310. The summed E-state index contributed by atoms with van der Waals surface area (Å²) in [6, 6.07) is 4.29. The van der Waals surface area contributed by atoms with Gasteiger partial charge in [0, 0.05) is 0 Å². The van der Waals surface area contributed by atoms with Gasteiger partial charge >= 0.3 is 0 Å². The molecule has 1 unspecified atom stereocenters. The second-order valence-electron chi connectivity index (χ2n) is 4.11. The van der Waals surface area contributed by atoms with Crippen LogP contribution in [0.1, 0.15) is 34.8 Å². The summed E-state index contributed by atoms with van der Waals surface area (Å²) in [5.41, 5.74) is 4.81. The monoisotopic (exact) mass is 224 g/mol. The van der Waals surface area contributed by atoms with Gasteiger partial charge in [-0.2, -0.15) is 11.8 Å². The Kier molecular flexibility index (Phi) is 4.68. The molecule has 0 aliphatic rings. The third-order valence-corrected chi connectivity index (χ3v) is 3.31. The molecule has 1 aromatic carbocycles. The van der Waals surface area contributed by atoms with Gasteiger partial charge in [-0.1, -0.05) is 17.7 Å². The van der Waals surface area contributed by atoms with Crippen LogP contribution in [0.25, 0.3) is 0 Å². The van der Waals surface area contributed by atoms with E-state index < -0.39 is 0 Å². The van der Waals surface area contributed by atoms with Crippen LogP contribution >= 0.6 is 11.8 Å². The van der Waals surface area contributed by atoms with Gasteiger partial charge in [0.15, 0.2) is 0 Å². The average molecular weight is 224 g/mol. The van der Waals surface area contributed by atoms with Gasteiger partial charge in [0.1, 0.15) is 0 Å². The van der Waals surface area contributed by atoms with Crippen molar-refractivity contribution in [1.29, 1.82) is 0 Å². The first-order valence-electron chi connectivity index (χ1n) is 5.31. The van der Waals surface area contributed by atoms with E-state index in [1.807, 2.05) is 0 Å². The highest BCUT2D eigenvalue weighted by Crippen LogP contribution is 2.26.